The smallest absolute Gasteiger partial charge is 0.306 e. The molecular weight excluding hydrogens is 925 g/mol. The van der Waals surface area contributed by atoms with Gasteiger partial charge in [0.15, 0.2) is 6.10 Å². The summed E-state index contributed by atoms with van der Waals surface area (Å²) in [4.78, 5) is 38.1. The van der Waals surface area contributed by atoms with Gasteiger partial charge in [-0.1, -0.05) is 313 Å². The van der Waals surface area contributed by atoms with Crippen LogP contribution in [0.5, 0.6) is 0 Å². The van der Waals surface area contributed by atoms with Gasteiger partial charge < -0.3 is 14.2 Å². The van der Waals surface area contributed by atoms with E-state index in [0.29, 0.717) is 19.3 Å². The fraction of sp³-hybridized carbons (Fsp3) is 0.812. The van der Waals surface area contributed by atoms with Crippen molar-refractivity contribution >= 4 is 17.9 Å². The first kappa shape index (κ1) is 72.1. The Morgan fingerprint density at radius 3 is 0.893 bits per heavy atom. The number of allylic oxidation sites excluding steroid dienone is 10. The van der Waals surface area contributed by atoms with Crippen LogP contribution in [0.1, 0.15) is 342 Å². The lowest BCUT2D eigenvalue weighted by Crippen LogP contribution is -2.30. The summed E-state index contributed by atoms with van der Waals surface area (Å²) >= 11 is 0. The summed E-state index contributed by atoms with van der Waals surface area (Å²) < 4.78 is 16.8. The lowest BCUT2D eigenvalue weighted by atomic mass is 10.0. The van der Waals surface area contributed by atoms with E-state index in [1.165, 1.54) is 225 Å². The van der Waals surface area contributed by atoms with Crippen molar-refractivity contribution in [1.82, 2.24) is 0 Å². The average Bonchev–Trinajstić information content (AvgIpc) is 3.41. The van der Waals surface area contributed by atoms with Crippen LogP contribution >= 0.6 is 0 Å². The molecule has 0 N–H and O–H groups in total. The van der Waals surface area contributed by atoms with E-state index in [-0.39, 0.29) is 37.5 Å². The van der Waals surface area contributed by atoms with Crippen LogP contribution in [0.4, 0.5) is 0 Å². The lowest BCUT2D eigenvalue weighted by Gasteiger charge is -2.18. The van der Waals surface area contributed by atoms with E-state index >= 15 is 0 Å². The van der Waals surface area contributed by atoms with Crippen LogP contribution in [0.15, 0.2) is 60.8 Å². The molecule has 1 atom stereocenters. The lowest BCUT2D eigenvalue weighted by molar-refractivity contribution is -0.166. The van der Waals surface area contributed by atoms with Gasteiger partial charge in [-0.2, -0.15) is 0 Å². The van der Waals surface area contributed by atoms with Gasteiger partial charge in [0.2, 0.25) is 0 Å². The predicted octanol–water partition coefficient (Wildman–Crippen LogP) is 22.3. The predicted molar refractivity (Wildman–Crippen MR) is 325 cm³/mol. The van der Waals surface area contributed by atoms with Gasteiger partial charge in [0.1, 0.15) is 13.2 Å². The molecule has 0 radical (unpaired) electrons. The number of carbonyl (C=O) groups is 3. The van der Waals surface area contributed by atoms with Crippen molar-refractivity contribution in [2.75, 3.05) is 13.2 Å². The van der Waals surface area contributed by atoms with Gasteiger partial charge in [-0.25, -0.2) is 0 Å². The molecular formula is C69H124O6. The summed E-state index contributed by atoms with van der Waals surface area (Å²) in [5.41, 5.74) is 0. The van der Waals surface area contributed by atoms with Crippen molar-refractivity contribution in [3.63, 3.8) is 0 Å². The molecule has 0 aromatic carbocycles. The molecule has 1 unspecified atom stereocenters. The second kappa shape index (κ2) is 63.6. The summed E-state index contributed by atoms with van der Waals surface area (Å²) in [6.45, 7) is 6.47. The third-order valence-corrected chi connectivity index (χ3v) is 14.5. The van der Waals surface area contributed by atoms with Crippen molar-refractivity contribution < 1.29 is 28.6 Å². The first-order chi connectivity index (χ1) is 37.0. The highest BCUT2D eigenvalue weighted by Gasteiger charge is 2.19. The molecule has 0 aliphatic rings. The highest BCUT2D eigenvalue weighted by Crippen LogP contribution is 2.18. The molecule has 0 rings (SSSR count). The van der Waals surface area contributed by atoms with E-state index in [4.69, 9.17) is 14.2 Å². The molecule has 0 spiro atoms. The number of rotatable bonds is 60. The molecule has 0 fully saturated rings. The van der Waals surface area contributed by atoms with E-state index in [9.17, 15) is 14.4 Å². The minimum atomic E-state index is -0.814. The van der Waals surface area contributed by atoms with Crippen LogP contribution in [0.25, 0.3) is 0 Å². The van der Waals surface area contributed by atoms with Gasteiger partial charge >= 0.3 is 17.9 Å². The van der Waals surface area contributed by atoms with Crippen molar-refractivity contribution in [3.05, 3.63) is 60.8 Å². The Labute approximate surface area is 466 Å². The molecule has 75 heavy (non-hydrogen) atoms. The quantitative estimate of drug-likeness (QED) is 0.0261. The molecule has 0 aliphatic carbocycles. The minimum absolute atomic E-state index is 0.103. The molecule has 0 aliphatic heterocycles. The third kappa shape index (κ3) is 61.8. The zero-order valence-corrected chi connectivity index (χ0v) is 50.1. The molecule has 436 valence electrons. The van der Waals surface area contributed by atoms with Gasteiger partial charge in [-0.05, 0) is 70.6 Å². The van der Waals surface area contributed by atoms with E-state index in [1.54, 1.807) is 0 Å². The average molecular weight is 1050 g/mol. The molecule has 0 aromatic heterocycles. The number of unbranched alkanes of at least 4 members (excludes halogenated alkanes) is 39. The Morgan fingerprint density at radius 1 is 0.280 bits per heavy atom. The zero-order valence-electron chi connectivity index (χ0n) is 50.1. The van der Waals surface area contributed by atoms with Gasteiger partial charge in [-0.3, -0.25) is 14.4 Å². The fourth-order valence-electron chi connectivity index (χ4n) is 9.63. The Bertz CT molecular complexity index is 1340. The minimum Gasteiger partial charge on any atom is -0.462 e. The highest BCUT2D eigenvalue weighted by atomic mass is 16.6. The van der Waals surface area contributed by atoms with Crippen LogP contribution in [0.2, 0.25) is 0 Å². The Kier molecular flexibility index (Phi) is 61.2. The van der Waals surface area contributed by atoms with E-state index in [1.807, 2.05) is 6.08 Å². The largest absolute Gasteiger partial charge is 0.462 e. The Hall–Kier alpha value is -2.89. The van der Waals surface area contributed by atoms with Crippen molar-refractivity contribution in [2.45, 2.75) is 348 Å². The second-order valence-corrected chi connectivity index (χ2v) is 22.0. The topological polar surface area (TPSA) is 78.9 Å². The van der Waals surface area contributed by atoms with E-state index < -0.39 is 6.10 Å². The normalized spacial score (nSPS) is 12.4. The van der Waals surface area contributed by atoms with Crippen molar-refractivity contribution in [2.24, 2.45) is 0 Å². The van der Waals surface area contributed by atoms with Gasteiger partial charge in [-0.15, -0.1) is 0 Å². The van der Waals surface area contributed by atoms with Gasteiger partial charge in [0, 0.05) is 19.3 Å². The second-order valence-electron chi connectivity index (χ2n) is 22.0. The number of hydrogen-bond donors (Lipinski definition) is 0. The summed E-state index contributed by atoms with van der Waals surface area (Å²) in [6.07, 6.45) is 81.5. The first-order valence-corrected chi connectivity index (χ1v) is 32.8. The third-order valence-electron chi connectivity index (χ3n) is 14.5. The number of esters is 3. The number of hydrogen-bond acceptors (Lipinski definition) is 6. The van der Waals surface area contributed by atoms with E-state index in [0.717, 1.165) is 70.6 Å². The monoisotopic (exact) mass is 1050 g/mol. The van der Waals surface area contributed by atoms with Gasteiger partial charge in [0.25, 0.3) is 0 Å². The zero-order chi connectivity index (χ0) is 54.3. The van der Waals surface area contributed by atoms with E-state index in [2.05, 4.69) is 75.5 Å². The molecule has 6 nitrogen and oxygen atoms in total. The molecule has 0 saturated heterocycles. The molecule has 0 aromatic rings. The number of carbonyl (C=O) groups excluding carboxylic acids is 3. The summed E-state index contributed by atoms with van der Waals surface area (Å²) in [6, 6.07) is 0. The first-order valence-electron chi connectivity index (χ1n) is 32.8. The van der Waals surface area contributed by atoms with Crippen LogP contribution in [-0.2, 0) is 28.6 Å². The Balaban J connectivity index is 4.09. The Morgan fingerprint density at radius 2 is 0.547 bits per heavy atom. The van der Waals surface area contributed by atoms with Gasteiger partial charge in [0.05, 0.1) is 0 Å². The molecule has 0 saturated carbocycles. The fourth-order valence-corrected chi connectivity index (χ4v) is 9.63. The molecule has 0 amide bonds. The molecule has 0 bridgehead atoms. The maximum absolute atomic E-state index is 12.8. The summed E-state index contributed by atoms with van der Waals surface area (Å²) in [5, 5.41) is 0. The number of ether oxygens (including phenoxy) is 3. The van der Waals surface area contributed by atoms with Crippen LogP contribution < -0.4 is 0 Å². The maximum Gasteiger partial charge on any atom is 0.306 e. The standard InChI is InChI=1S/C69H124O6/c1-4-7-10-13-16-19-22-25-26-27-28-29-30-31-32-33-34-35-36-37-38-39-40-41-42-43-45-47-50-53-56-59-62-68(71)74-65-66(64-73-67(70)61-58-55-52-49-46-24-21-18-15-12-9-6-3)75-69(72)63-60-57-54-51-48-44-23-20-17-14-11-8-5-2/h8,11,17-18,20-21,44,48,54,57,66H,4-7,9-10,12-16,19,22-43,45-47,49-53,55-56,58-65H2,1-3H3/b11-8-,20-17-,21-18-,48-44-,57-54-. The van der Waals surface area contributed by atoms with Crippen LogP contribution in [0.3, 0.4) is 0 Å². The summed E-state index contributed by atoms with van der Waals surface area (Å²) in [5.74, 6) is -0.981. The van der Waals surface area contributed by atoms with Crippen molar-refractivity contribution in [1.29, 1.82) is 0 Å². The molecule has 6 heteroatoms. The van der Waals surface area contributed by atoms with Crippen molar-refractivity contribution in [3.8, 4) is 0 Å². The highest BCUT2D eigenvalue weighted by molar-refractivity contribution is 5.71. The maximum atomic E-state index is 12.8. The SMILES string of the molecule is CC/C=C\C/C=C\C/C=C\C/C=C\CCC(=O)OC(COC(=O)CCCCCCC/C=C\CCCCC)COC(=O)CCCCCCCCCCCCCCCCCCCCCCCCCCCCCCCCCC. The van der Waals surface area contributed by atoms with Crippen LogP contribution in [0, 0.1) is 0 Å². The molecule has 0 heterocycles. The summed E-state index contributed by atoms with van der Waals surface area (Å²) in [7, 11) is 0. The van der Waals surface area contributed by atoms with Crippen LogP contribution in [-0.4, -0.2) is 37.2 Å².